The van der Waals surface area contributed by atoms with Crippen LogP contribution in [0.4, 0.5) is 0 Å². The van der Waals surface area contributed by atoms with Crippen LogP contribution in [-0.4, -0.2) is 27.9 Å². The summed E-state index contributed by atoms with van der Waals surface area (Å²) in [4.78, 5) is 38.6. The van der Waals surface area contributed by atoms with E-state index in [2.05, 4.69) is 10.3 Å². The van der Waals surface area contributed by atoms with Gasteiger partial charge in [-0.15, -0.1) is 0 Å². The van der Waals surface area contributed by atoms with Crippen LogP contribution in [0.25, 0.3) is 10.9 Å². The van der Waals surface area contributed by atoms with Gasteiger partial charge in [-0.25, -0.2) is 4.79 Å². The quantitative estimate of drug-likeness (QED) is 0.814. The van der Waals surface area contributed by atoms with Crippen LogP contribution in [-0.2, 0) is 9.59 Å². The number of piperidine rings is 1. The Morgan fingerprint density at radius 2 is 2.14 bits per heavy atom. The van der Waals surface area contributed by atoms with E-state index in [1.54, 1.807) is 18.2 Å². The molecule has 0 spiro atoms. The van der Waals surface area contributed by atoms with Gasteiger partial charge >= 0.3 is 5.97 Å². The molecule has 21 heavy (non-hydrogen) atoms. The van der Waals surface area contributed by atoms with Crippen LogP contribution in [0, 0.1) is 0 Å². The zero-order valence-corrected chi connectivity index (χ0v) is 11.0. The van der Waals surface area contributed by atoms with Gasteiger partial charge < -0.3 is 5.11 Å². The molecule has 1 aliphatic heterocycles. The van der Waals surface area contributed by atoms with Crippen molar-refractivity contribution in [2.24, 2.45) is 0 Å². The first-order valence-corrected chi connectivity index (χ1v) is 6.52. The molecule has 2 heterocycles. The van der Waals surface area contributed by atoms with Crippen molar-refractivity contribution in [3.05, 3.63) is 41.6 Å². The third kappa shape index (κ3) is 2.35. The van der Waals surface area contributed by atoms with E-state index in [1.807, 2.05) is 0 Å². The van der Waals surface area contributed by atoms with Gasteiger partial charge in [0.2, 0.25) is 11.8 Å². The van der Waals surface area contributed by atoms with Crippen molar-refractivity contribution in [1.29, 1.82) is 0 Å². The van der Waals surface area contributed by atoms with Crippen LogP contribution in [0.1, 0.15) is 34.7 Å². The molecule has 0 saturated carbocycles. The number of imide groups is 1. The molecule has 1 aromatic carbocycles. The number of benzene rings is 1. The fraction of sp³-hybridized carbons (Fsp3) is 0.200. The monoisotopic (exact) mass is 284 g/mol. The van der Waals surface area contributed by atoms with Crippen molar-refractivity contribution in [3.63, 3.8) is 0 Å². The molecule has 1 fully saturated rings. The Morgan fingerprint density at radius 3 is 2.86 bits per heavy atom. The summed E-state index contributed by atoms with van der Waals surface area (Å²) in [5.41, 5.74) is 1.05. The third-order valence-corrected chi connectivity index (χ3v) is 3.60. The van der Waals surface area contributed by atoms with Crippen molar-refractivity contribution < 1.29 is 19.5 Å². The lowest BCUT2D eigenvalue weighted by Gasteiger charge is -2.21. The highest BCUT2D eigenvalue weighted by Crippen LogP contribution is 2.29. The van der Waals surface area contributed by atoms with Gasteiger partial charge in [-0.3, -0.25) is 19.9 Å². The summed E-state index contributed by atoms with van der Waals surface area (Å²) < 4.78 is 0. The average Bonchev–Trinajstić information content (AvgIpc) is 2.46. The summed E-state index contributed by atoms with van der Waals surface area (Å²) in [5.74, 6) is -2.28. The summed E-state index contributed by atoms with van der Waals surface area (Å²) in [6.07, 6.45) is 2.17. The lowest BCUT2D eigenvalue weighted by molar-refractivity contribution is -0.134. The van der Waals surface area contributed by atoms with E-state index in [-0.39, 0.29) is 23.8 Å². The van der Waals surface area contributed by atoms with E-state index >= 15 is 0 Å². The Balaban J connectivity index is 2.13. The van der Waals surface area contributed by atoms with Gasteiger partial charge in [0.05, 0.1) is 17.0 Å². The van der Waals surface area contributed by atoms with Crippen LogP contribution >= 0.6 is 0 Å². The molecule has 2 N–H and O–H groups in total. The number of nitrogens with one attached hydrogen (secondary N) is 1. The Labute approximate surface area is 119 Å². The van der Waals surface area contributed by atoms with Crippen molar-refractivity contribution in [2.45, 2.75) is 18.8 Å². The average molecular weight is 284 g/mol. The highest BCUT2D eigenvalue weighted by Gasteiger charge is 2.29. The first-order chi connectivity index (χ1) is 10.1. The third-order valence-electron chi connectivity index (χ3n) is 3.60. The highest BCUT2D eigenvalue weighted by atomic mass is 16.4. The van der Waals surface area contributed by atoms with Crippen molar-refractivity contribution in [3.8, 4) is 0 Å². The van der Waals surface area contributed by atoms with Crippen molar-refractivity contribution in [2.75, 3.05) is 0 Å². The maximum Gasteiger partial charge on any atom is 0.337 e. The SMILES string of the molecule is O=C1CCC(c2cc(C(=O)O)c3ncccc3c2)C(=O)N1. The molecule has 1 unspecified atom stereocenters. The van der Waals surface area contributed by atoms with Crippen LogP contribution < -0.4 is 5.32 Å². The molecular weight excluding hydrogens is 272 g/mol. The van der Waals surface area contributed by atoms with Gasteiger partial charge in [0.1, 0.15) is 0 Å². The summed E-state index contributed by atoms with van der Waals surface area (Å²) in [6, 6.07) is 6.69. The van der Waals surface area contributed by atoms with Crippen molar-refractivity contribution in [1.82, 2.24) is 10.3 Å². The van der Waals surface area contributed by atoms with Crippen LogP contribution in [0.15, 0.2) is 30.5 Å². The molecule has 0 bridgehead atoms. The molecule has 1 aromatic heterocycles. The minimum absolute atomic E-state index is 0.0628. The standard InChI is InChI=1S/C15H12N2O4/c18-12-4-3-10(14(19)17-12)9-6-8-2-1-5-16-13(8)11(7-9)15(20)21/h1-2,5-7,10H,3-4H2,(H,20,21)(H,17,18,19). The lowest BCUT2D eigenvalue weighted by Crippen LogP contribution is -2.39. The number of carboxylic acids is 1. The Bertz CT molecular complexity index is 769. The van der Waals surface area contributed by atoms with Gasteiger partial charge in [-0.1, -0.05) is 6.07 Å². The van der Waals surface area contributed by atoms with Crippen LogP contribution in [0.3, 0.4) is 0 Å². The molecule has 0 aliphatic carbocycles. The zero-order valence-electron chi connectivity index (χ0n) is 11.0. The topological polar surface area (TPSA) is 96.4 Å². The molecule has 1 atom stereocenters. The molecule has 106 valence electrons. The summed E-state index contributed by atoms with van der Waals surface area (Å²) in [7, 11) is 0. The molecule has 6 nitrogen and oxygen atoms in total. The Hall–Kier alpha value is -2.76. The summed E-state index contributed by atoms with van der Waals surface area (Å²) in [6.45, 7) is 0. The molecule has 0 radical (unpaired) electrons. The van der Waals surface area contributed by atoms with E-state index in [0.717, 1.165) is 0 Å². The van der Waals surface area contributed by atoms with Gasteiger partial charge in [0, 0.05) is 18.0 Å². The van der Waals surface area contributed by atoms with E-state index in [9.17, 15) is 19.5 Å². The first kappa shape index (κ1) is 13.2. The normalized spacial score (nSPS) is 18.6. The number of carbonyl (C=O) groups is 3. The minimum Gasteiger partial charge on any atom is -0.478 e. The largest absolute Gasteiger partial charge is 0.478 e. The minimum atomic E-state index is -1.09. The maximum atomic E-state index is 11.9. The van der Waals surface area contributed by atoms with E-state index in [4.69, 9.17) is 0 Å². The second-order valence-electron chi connectivity index (χ2n) is 4.95. The maximum absolute atomic E-state index is 11.9. The highest BCUT2D eigenvalue weighted by molar-refractivity contribution is 6.04. The molecule has 2 amide bonds. The number of pyridine rings is 1. The van der Waals surface area contributed by atoms with Gasteiger partial charge in [0.15, 0.2) is 0 Å². The van der Waals surface area contributed by atoms with Crippen LogP contribution in [0.5, 0.6) is 0 Å². The predicted molar refractivity (Wildman–Crippen MR) is 73.8 cm³/mol. The van der Waals surface area contributed by atoms with E-state index < -0.39 is 11.9 Å². The second-order valence-corrected chi connectivity index (χ2v) is 4.95. The molecule has 3 rings (SSSR count). The van der Waals surface area contributed by atoms with Gasteiger partial charge in [-0.2, -0.15) is 0 Å². The summed E-state index contributed by atoms with van der Waals surface area (Å²) in [5, 5.41) is 12.3. The molecule has 2 aromatic rings. The fourth-order valence-corrected chi connectivity index (χ4v) is 2.59. The Kier molecular flexibility index (Phi) is 3.13. The predicted octanol–water partition coefficient (Wildman–Crippen LogP) is 1.45. The number of aromatic nitrogens is 1. The number of amides is 2. The van der Waals surface area contributed by atoms with E-state index in [1.165, 1.54) is 12.3 Å². The number of hydrogen-bond donors (Lipinski definition) is 2. The molecule has 1 aliphatic rings. The summed E-state index contributed by atoms with van der Waals surface area (Å²) >= 11 is 0. The number of carboxylic acid groups (broad SMARTS) is 1. The number of rotatable bonds is 2. The van der Waals surface area contributed by atoms with E-state index in [0.29, 0.717) is 22.9 Å². The van der Waals surface area contributed by atoms with Crippen molar-refractivity contribution >= 4 is 28.7 Å². The zero-order chi connectivity index (χ0) is 15.0. The number of nitrogens with zero attached hydrogens (tertiary/aromatic N) is 1. The van der Waals surface area contributed by atoms with Gasteiger partial charge in [-0.05, 0) is 30.2 Å². The Morgan fingerprint density at radius 1 is 1.33 bits per heavy atom. The molecule has 1 saturated heterocycles. The number of carbonyl (C=O) groups excluding carboxylic acids is 2. The van der Waals surface area contributed by atoms with Gasteiger partial charge in [0.25, 0.3) is 0 Å². The fourth-order valence-electron chi connectivity index (χ4n) is 2.59. The number of fused-ring (bicyclic) bond motifs is 1. The molecular formula is C15H12N2O4. The first-order valence-electron chi connectivity index (χ1n) is 6.52. The van der Waals surface area contributed by atoms with Crippen LogP contribution in [0.2, 0.25) is 0 Å². The number of aromatic carboxylic acids is 1. The molecule has 6 heteroatoms. The smallest absolute Gasteiger partial charge is 0.337 e. The number of hydrogen-bond acceptors (Lipinski definition) is 4. The second kappa shape index (κ2) is 4.97. The lowest BCUT2D eigenvalue weighted by atomic mass is 9.88.